The minimum absolute atomic E-state index is 0.264. The van der Waals surface area contributed by atoms with Gasteiger partial charge in [0, 0.05) is 19.0 Å². The lowest BCUT2D eigenvalue weighted by atomic mass is 10.4. The average Bonchev–Trinajstić information content (AvgIpc) is 2.02. The van der Waals surface area contributed by atoms with Crippen LogP contribution in [0, 0.1) is 0 Å². The predicted octanol–water partition coefficient (Wildman–Crippen LogP) is 2.47. The maximum Gasteiger partial charge on any atom is 0.522 e. The minimum atomic E-state index is -4.53. The van der Waals surface area contributed by atoms with Crippen LogP contribution in [-0.2, 0) is 4.74 Å². The molecule has 0 heterocycles. The summed E-state index contributed by atoms with van der Waals surface area (Å²) in [6, 6.07) is 0. The van der Waals surface area contributed by atoms with Gasteiger partial charge in [-0.25, -0.2) is 0 Å². The quantitative estimate of drug-likeness (QED) is 0.627. The number of nitrogens with zero attached hydrogens (tertiary/aromatic N) is 1. The van der Waals surface area contributed by atoms with Gasteiger partial charge in [0.1, 0.15) is 0 Å². The van der Waals surface area contributed by atoms with E-state index < -0.39 is 6.36 Å². The molecule has 0 N–H and O–H groups in total. The highest BCUT2D eigenvalue weighted by Gasteiger charge is 2.28. The lowest BCUT2D eigenvalue weighted by Crippen LogP contribution is -2.32. The Kier molecular flexibility index (Phi) is 7.31. The van der Waals surface area contributed by atoms with Gasteiger partial charge in [0.2, 0.25) is 0 Å². The Morgan fingerprint density at radius 1 is 1.21 bits per heavy atom. The molecule has 0 aromatic heterocycles. The topological polar surface area (TPSA) is 12.5 Å². The molecule has 6 heteroatoms. The first kappa shape index (κ1) is 14.0. The van der Waals surface area contributed by atoms with Gasteiger partial charge in [-0.3, -0.25) is 9.64 Å². The first-order valence-electron chi connectivity index (χ1n) is 4.48. The van der Waals surface area contributed by atoms with Gasteiger partial charge < -0.3 is 0 Å². The van der Waals surface area contributed by atoms with Crippen molar-refractivity contribution in [2.75, 3.05) is 32.1 Å². The van der Waals surface area contributed by atoms with E-state index in [0.717, 1.165) is 13.0 Å². The fraction of sp³-hybridized carbons (Fsp3) is 1.00. The van der Waals surface area contributed by atoms with Crippen molar-refractivity contribution in [2.45, 2.75) is 19.7 Å². The van der Waals surface area contributed by atoms with Crippen LogP contribution in [0.2, 0.25) is 0 Å². The van der Waals surface area contributed by atoms with Crippen molar-refractivity contribution in [1.29, 1.82) is 0 Å². The summed E-state index contributed by atoms with van der Waals surface area (Å²) in [6.07, 6.45) is -3.64. The molecule has 0 aliphatic carbocycles. The van der Waals surface area contributed by atoms with E-state index in [9.17, 15) is 13.2 Å². The standard InChI is InChI=1S/C8H15ClF3NO/c1-2-4-13(5-3-9)6-7-14-8(10,11)12/h2-7H2,1H3. The van der Waals surface area contributed by atoms with Gasteiger partial charge in [-0.05, 0) is 13.0 Å². The van der Waals surface area contributed by atoms with E-state index in [1.54, 1.807) is 0 Å². The van der Waals surface area contributed by atoms with Gasteiger partial charge in [0.25, 0.3) is 0 Å². The molecule has 0 aliphatic heterocycles. The Hall–Kier alpha value is -0.0000000000000000555. The molecule has 0 aromatic rings. The lowest BCUT2D eigenvalue weighted by molar-refractivity contribution is -0.325. The molecule has 0 aliphatic rings. The van der Waals surface area contributed by atoms with E-state index in [0.29, 0.717) is 12.4 Å². The van der Waals surface area contributed by atoms with E-state index in [4.69, 9.17) is 11.6 Å². The molecule has 0 unspecified atom stereocenters. The summed E-state index contributed by atoms with van der Waals surface area (Å²) >= 11 is 5.50. The number of ether oxygens (including phenoxy) is 1. The molecule has 0 radical (unpaired) electrons. The zero-order chi connectivity index (χ0) is 11.0. The van der Waals surface area contributed by atoms with Gasteiger partial charge >= 0.3 is 6.36 Å². The van der Waals surface area contributed by atoms with Crippen LogP contribution in [0.15, 0.2) is 0 Å². The molecule has 0 fully saturated rings. The van der Waals surface area contributed by atoms with Crippen molar-refractivity contribution in [1.82, 2.24) is 4.90 Å². The molecule has 0 saturated carbocycles. The average molecular weight is 234 g/mol. The van der Waals surface area contributed by atoms with Crippen molar-refractivity contribution in [3.05, 3.63) is 0 Å². The zero-order valence-corrected chi connectivity index (χ0v) is 8.87. The van der Waals surface area contributed by atoms with Crippen LogP contribution in [0.1, 0.15) is 13.3 Å². The molecule has 14 heavy (non-hydrogen) atoms. The maximum absolute atomic E-state index is 11.6. The highest BCUT2D eigenvalue weighted by atomic mass is 35.5. The molecule has 0 saturated heterocycles. The van der Waals surface area contributed by atoms with E-state index in [1.165, 1.54) is 0 Å². The third-order valence-electron chi connectivity index (χ3n) is 1.61. The fourth-order valence-electron chi connectivity index (χ4n) is 1.06. The summed E-state index contributed by atoms with van der Waals surface area (Å²) in [4.78, 5) is 1.85. The minimum Gasteiger partial charge on any atom is -0.300 e. The monoisotopic (exact) mass is 233 g/mol. The van der Waals surface area contributed by atoms with Crippen molar-refractivity contribution in [3.8, 4) is 0 Å². The summed E-state index contributed by atoms with van der Waals surface area (Å²) < 4.78 is 38.5. The Morgan fingerprint density at radius 2 is 1.86 bits per heavy atom. The Bertz CT molecular complexity index is 137. The highest BCUT2D eigenvalue weighted by Crippen LogP contribution is 2.15. The van der Waals surface area contributed by atoms with Crippen LogP contribution in [0.5, 0.6) is 0 Å². The molecular weight excluding hydrogens is 219 g/mol. The Labute approximate surface area is 87.0 Å². The van der Waals surface area contributed by atoms with Gasteiger partial charge in [0.15, 0.2) is 0 Å². The summed E-state index contributed by atoms with van der Waals surface area (Å²) in [7, 11) is 0. The maximum atomic E-state index is 11.6. The van der Waals surface area contributed by atoms with Crippen LogP contribution in [-0.4, -0.2) is 43.4 Å². The van der Waals surface area contributed by atoms with E-state index >= 15 is 0 Å². The smallest absolute Gasteiger partial charge is 0.300 e. The number of hydrogen-bond acceptors (Lipinski definition) is 2. The van der Waals surface area contributed by atoms with Crippen LogP contribution in [0.3, 0.4) is 0 Å². The second-order valence-corrected chi connectivity index (χ2v) is 3.20. The third kappa shape index (κ3) is 8.59. The van der Waals surface area contributed by atoms with E-state index in [1.807, 2.05) is 11.8 Å². The molecule has 0 rings (SSSR count). The first-order chi connectivity index (χ1) is 6.49. The lowest BCUT2D eigenvalue weighted by Gasteiger charge is -2.20. The molecule has 0 atom stereocenters. The Morgan fingerprint density at radius 3 is 2.29 bits per heavy atom. The molecule has 0 spiro atoms. The summed E-state index contributed by atoms with van der Waals surface area (Å²) in [5.41, 5.74) is 0. The molecule has 86 valence electrons. The van der Waals surface area contributed by atoms with E-state index in [2.05, 4.69) is 4.74 Å². The van der Waals surface area contributed by atoms with Crippen molar-refractivity contribution in [2.24, 2.45) is 0 Å². The van der Waals surface area contributed by atoms with Crippen molar-refractivity contribution in [3.63, 3.8) is 0 Å². The highest BCUT2D eigenvalue weighted by molar-refractivity contribution is 6.18. The van der Waals surface area contributed by atoms with Crippen molar-refractivity contribution < 1.29 is 17.9 Å². The van der Waals surface area contributed by atoms with Gasteiger partial charge in [-0.1, -0.05) is 6.92 Å². The summed E-state index contributed by atoms with van der Waals surface area (Å²) in [5.74, 6) is 0.423. The normalized spacial score (nSPS) is 12.4. The second kappa shape index (κ2) is 7.31. The van der Waals surface area contributed by atoms with E-state index in [-0.39, 0.29) is 13.2 Å². The molecular formula is C8H15ClF3NO. The van der Waals surface area contributed by atoms with Crippen LogP contribution < -0.4 is 0 Å². The largest absolute Gasteiger partial charge is 0.522 e. The predicted molar refractivity (Wildman–Crippen MR) is 49.5 cm³/mol. The van der Waals surface area contributed by atoms with Crippen LogP contribution >= 0.6 is 11.6 Å². The summed E-state index contributed by atoms with van der Waals surface area (Å²) in [5, 5.41) is 0. The van der Waals surface area contributed by atoms with Crippen LogP contribution in [0.4, 0.5) is 13.2 Å². The van der Waals surface area contributed by atoms with Gasteiger partial charge in [-0.15, -0.1) is 24.8 Å². The number of hydrogen-bond donors (Lipinski definition) is 0. The zero-order valence-electron chi connectivity index (χ0n) is 8.11. The molecule has 0 aromatic carbocycles. The number of rotatable bonds is 7. The number of alkyl halides is 4. The van der Waals surface area contributed by atoms with Gasteiger partial charge in [-0.2, -0.15) is 0 Å². The molecule has 0 amide bonds. The van der Waals surface area contributed by atoms with Gasteiger partial charge in [0.05, 0.1) is 6.61 Å². The molecule has 0 bridgehead atoms. The SMILES string of the molecule is CCCN(CCCl)CCOC(F)(F)F. The first-order valence-corrected chi connectivity index (χ1v) is 5.02. The second-order valence-electron chi connectivity index (χ2n) is 2.82. The molecule has 2 nitrogen and oxygen atoms in total. The summed E-state index contributed by atoms with van der Waals surface area (Å²) in [6.45, 7) is 3.23. The van der Waals surface area contributed by atoms with Crippen LogP contribution in [0.25, 0.3) is 0 Å². The van der Waals surface area contributed by atoms with Crippen molar-refractivity contribution >= 4 is 11.6 Å². The third-order valence-corrected chi connectivity index (χ3v) is 1.78. The number of halogens is 4. The Balaban J connectivity index is 3.60. The fourth-order valence-corrected chi connectivity index (χ4v) is 1.30.